The number of fused-ring (bicyclic) bond motifs is 1. The molecule has 0 aliphatic rings. The third-order valence-electron chi connectivity index (χ3n) is 1.80. The molecule has 0 saturated carbocycles. The molecule has 70 valence electrons. The molecule has 0 amide bonds. The Morgan fingerprint density at radius 1 is 1.21 bits per heavy atom. The van der Waals surface area contributed by atoms with E-state index < -0.39 is 11.0 Å². The first-order valence-electron chi connectivity index (χ1n) is 3.87. The average Bonchev–Trinajstić information content (AvgIpc) is 2.32. The number of para-hydroxylation sites is 2. The summed E-state index contributed by atoms with van der Waals surface area (Å²) in [6.45, 7) is 0. The van der Waals surface area contributed by atoms with Crippen molar-refractivity contribution in [3.63, 3.8) is 0 Å². The van der Waals surface area contributed by atoms with Gasteiger partial charge in [0.05, 0.1) is 11.7 Å². The van der Waals surface area contributed by atoms with Crippen LogP contribution in [0.1, 0.15) is 0 Å². The van der Waals surface area contributed by atoms with E-state index in [2.05, 4.69) is 4.98 Å². The molecule has 14 heavy (non-hydrogen) atoms. The summed E-state index contributed by atoms with van der Waals surface area (Å²) in [5.41, 5.74) is -1.95. The van der Waals surface area contributed by atoms with Gasteiger partial charge in [0.1, 0.15) is 5.52 Å². The van der Waals surface area contributed by atoms with Crippen molar-refractivity contribution in [2.75, 3.05) is 0 Å². The monoisotopic (exact) mass is 192 g/mol. The Bertz CT molecular complexity index is 606. The van der Waals surface area contributed by atoms with Crippen LogP contribution >= 0.6 is 0 Å². The summed E-state index contributed by atoms with van der Waals surface area (Å²) in [6, 6.07) is 6.10. The van der Waals surface area contributed by atoms with Crippen molar-refractivity contribution in [2.45, 2.75) is 0 Å². The largest absolute Gasteiger partial charge is 0.328 e. The second-order valence-corrected chi connectivity index (χ2v) is 2.70. The fourth-order valence-electron chi connectivity index (χ4n) is 1.13. The van der Waals surface area contributed by atoms with Gasteiger partial charge in [0, 0.05) is 0 Å². The molecule has 0 unspecified atom stereocenters. The highest BCUT2D eigenvalue weighted by Gasteiger charge is 2.02. The maximum Gasteiger partial charge on any atom is 0.328 e. The van der Waals surface area contributed by atoms with E-state index in [1.807, 2.05) is 0 Å². The standard InChI is InChI=1S/C9H5FN2O2/c10-12-7-4-2-1-3-6(7)11-5-8(13)9(12)14/h1-5H. The van der Waals surface area contributed by atoms with Crippen LogP contribution in [-0.4, -0.2) is 9.77 Å². The van der Waals surface area contributed by atoms with E-state index in [9.17, 15) is 14.1 Å². The van der Waals surface area contributed by atoms with E-state index >= 15 is 0 Å². The molecule has 0 aliphatic carbocycles. The SMILES string of the molecule is O=c1cnc2ccccc2n(F)c1=O. The molecule has 0 spiro atoms. The lowest BCUT2D eigenvalue weighted by molar-refractivity contribution is 0.370. The van der Waals surface area contributed by atoms with Crippen LogP contribution in [0, 0.1) is 0 Å². The van der Waals surface area contributed by atoms with Gasteiger partial charge in [-0.3, -0.25) is 14.6 Å². The van der Waals surface area contributed by atoms with Crippen LogP contribution in [0.15, 0.2) is 40.1 Å². The molecule has 5 heteroatoms. The zero-order chi connectivity index (χ0) is 10.1. The van der Waals surface area contributed by atoms with Gasteiger partial charge in [-0.1, -0.05) is 16.6 Å². The Labute approximate surface area is 77.2 Å². The summed E-state index contributed by atoms with van der Waals surface area (Å²) in [5, 5.41) is 0. The van der Waals surface area contributed by atoms with Crippen LogP contribution < -0.4 is 11.0 Å². The number of halogens is 1. The number of benzene rings is 1. The fraction of sp³-hybridized carbons (Fsp3) is 0. The van der Waals surface area contributed by atoms with Crippen molar-refractivity contribution >= 4 is 11.0 Å². The highest BCUT2D eigenvalue weighted by molar-refractivity contribution is 5.73. The first-order chi connectivity index (χ1) is 6.70. The minimum absolute atomic E-state index is 0.0143. The van der Waals surface area contributed by atoms with Crippen molar-refractivity contribution < 1.29 is 4.48 Å². The van der Waals surface area contributed by atoms with Crippen LogP contribution in [-0.2, 0) is 0 Å². The summed E-state index contributed by atoms with van der Waals surface area (Å²) in [7, 11) is 0. The lowest BCUT2D eigenvalue weighted by Gasteiger charge is -1.91. The summed E-state index contributed by atoms with van der Waals surface area (Å²) in [4.78, 5) is 25.4. The highest BCUT2D eigenvalue weighted by atomic mass is 19.2. The van der Waals surface area contributed by atoms with E-state index in [1.165, 1.54) is 12.1 Å². The quantitative estimate of drug-likeness (QED) is 0.571. The van der Waals surface area contributed by atoms with Gasteiger partial charge in [-0.15, -0.1) is 4.79 Å². The molecule has 0 atom stereocenters. The van der Waals surface area contributed by atoms with Gasteiger partial charge in [-0.2, -0.15) is 0 Å². The fourth-order valence-corrected chi connectivity index (χ4v) is 1.13. The predicted octanol–water partition coefficient (Wildman–Crippen LogP) is 0.489. The molecule has 0 fully saturated rings. The zero-order valence-corrected chi connectivity index (χ0v) is 6.98. The second kappa shape index (κ2) is 3.02. The summed E-state index contributed by atoms with van der Waals surface area (Å²) < 4.78 is 13.3. The van der Waals surface area contributed by atoms with E-state index in [4.69, 9.17) is 0 Å². The smallest absolute Gasteiger partial charge is 0.282 e. The molecular formula is C9H5FN2O2. The molecule has 0 saturated heterocycles. The second-order valence-electron chi connectivity index (χ2n) is 2.70. The molecular weight excluding hydrogens is 187 g/mol. The Balaban J connectivity index is 3.15. The van der Waals surface area contributed by atoms with E-state index in [-0.39, 0.29) is 15.8 Å². The first kappa shape index (κ1) is 8.55. The Hall–Kier alpha value is -2.04. The first-order valence-corrected chi connectivity index (χ1v) is 3.87. The predicted molar refractivity (Wildman–Crippen MR) is 48.8 cm³/mol. The highest BCUT2D eigenvalue weighted by Crippen LogP contribution is 2.05. The van der Waals surface area contributed by atoms with Crippen molar-refractivity contribution in [3.8, 4) is 0 Å². The lowest BCUT2D eigenvalue weighted by atomic mass is 10.3. The van der Waals surface area contributed by atoms with Gasteiger partial charge in [0.15, 0.2) is 0 Å². The van der Waals surface area contributed by atoms with Gasteiger partial charge in [-0.25, -0.2) is 0 Å². The maximum absolute atomic E-state index is 13.3. The van der Waals surface area contributed by atoms with Crippen molar-refractivity contribution in [2.24, 2.45) is 0 Å². The molecule has 1 aromatic heterocycles. The Morgan fingerprint density at radius 2 is 1.93 bits per heavy atom. The average molecular weight is 192 g/mol. The Kier molecular flexibility index (Phi) is 1.85. The lowest BCUT2D eigenvalue weighted by Crippen LogP contribution is -2.27. The van der Waals surface area contributed by atoms with Crippen LogP contribution in [0.4, 0.5) is 4.48 Å². The zero-order valence-electron chi connectivity index (χ0n) is 6.98. The van der Waals surface area contributed by atoms with Crippen molar-refractivity contribution in [3.05, 3.63) is 51.0 Å². The van der Waals surface area contributed by atoms with Gasteiger partial charge in [0.25, 0.3) is 5.43 Å². The number of rotatable bonds is 0. The van der Waals surface area contributed by atoms with Crippen LogP contribution in [0.5, 0.6) is 0 Å². The van der Waals surface area contributed by atoms with E-state index in [1.54, 1.807) is 12.1 Å². The number of aromatic nitrogens is 2. The number of hydrogen-bond donors (Lipinski definition) is 0. The molecule has 0 radical (unpaired) electrons. The van der Waals surface area contributed by atoms with Crippen LogP contribution in [0.2, 0.25) is 0 Å². The molecule has 0 N–H and O–H groups in total. The van der Waals surface area contributed by atoms with Gasteiger partial charge < -0.3 is 0 Å². The molecule has 0 bridgehead atoms. The number of nitrogens with zero attached hydrogens (tertiary/aromatic N) is 2. The normalized spacial score (nSPS) is 10.4. The molecule has 0 aliphatic heterocycles. The van der Waals surface area contributed by atoms with Crippen LogP contribution in [0.3, 0.4) is 0 Å². The molecule has 2 aromatic rings. The number of hydrogen-bond acceptors (Lipinski definition) is 3. The molecule has 2 rings (SSSR count). The van der Waals surface area contributed by atoms with Gasteiger partial charge >= 0.3 is 5.56 Å². The summed E-state index contributed by atoms with van der Waals surface area (Å²) in [5.74, 6) is 0. The van der Waals surface area contributed by atoms with E-state index in [0.717, 1.165) is 6.20 Å². The third kappa shape index (κ3) is 1.19. The summed E-state index contributed by atoms with van der Waals surface area (Å²) >= 11 is 0. The minimum Gasteiger partial charge on any atom is -0.282 e. The topological polar surface area (TPSA) is 52.0 Å². The van der Waals surface area contributed by atoms with Gasteiger partial charge in [0.2, 0.25) is 0 Å². The van der Waals surface area contributed by atoms with E-state index in [0.29, 0.717) is 0 Å². The maximum atomic E-state index is 13.3. The van der Waals surface area contributed by atoms with Crippen LogP contribution in [0.25, 0.3) is 11.0 Å². The molecule has 1 aromatic carbocycles. The van der Waals surface area contributed by atoms with Gasteiger partial charge in [-0.05, 0) is 12.1 Å². The molecule has 1 heterocycles. The van der Waals surface area contributed by atoms with Crippen molar-refractivity contribution in [1.29, 1.82) is 0 Å². The Morgan fingerprint density at radius 3 is 2.71 bits per heavy atom. The summed E-state index contributed by atoms with van der Waals surface area (Å²) in [6.07, 6.45) is 0.820. The third-order valence-corrected chi connectivity index (χ3v) is 1.80. The van der Waals surface area contributed by atoms with Crippen molar-refractivity contribution in [1.82, 2.24) is 9.77 Å². The molecule has 4 nitrogen and oxygen atoms in total. The minimum atomic E-state index is -1.22.